The van der Waals surface area contributed by atoms with E-state index in [1.165, 1.54) is 6.07 Å². The zero-order valence-electron chi connectivity index (χ0n) is 19.0. The van der Waals surface area contributed by atoms with Crippen molar-refractivity contribution in [2.24, 2.45) is 5.73 Å². The molecule has 172 valence electrons. The topological polar surface area (TPSA) is 87.4 Å². The van der Waals surface area contributed by atoms with E-state index >= 15 is 0 Å². The SMILES string of the molecule is Cc1cc(O)cc(C)c1C[C@H](N)C(=O)N[C@@H]1CCNc2ccc(Cc3ccccc3F)cc21. The highest BCUT2D eigenvalue weighted by Crippen LogP contribution is 2.32. The normalized spacial score (nSPS) is 15.9. The number of phenols is 1. The average molecular weight is 448 g/mol. The number of carbonyl (C=O) groups is 1. The number of benzene rings is 3. The lowest BCUT2D eigenvalue weighted by Crippen LogP contribution is -2.44. The van der Waals surface area contributed by atoms with Crippen LogP contribution in [0.1, 0.15) is 45.8 Å². The first kappa shape index (κ1) is 22.8. The number of nitrogens with two attached hydrogens (primary N) is 1. The number of aromatic hydroxyl groups is 1. The molecule has 0 saturated heterocycles. The molecular formula is C27H30FN3O2. The van der Waals surface area contributed by atoms with E-state index in [-0.39, 0.29) is 23.5 Å². The molecule has 0 spiro atoms. The molecule has 2 atom stereocenters. The van der Waals surface area contributed by atoms with Crippen LogP contribution in [-0.4, -0.2) is 23.6 Å². The van der Waals surface area contributed by atoms with Gasteiger partial charge in [-0.2, -0.15) is 0 Å². The highest BCUT2D eigenvalue weighted by atomic mass is 19.1. The Hall–Kier alpha value is -3.38. The van der Waals surface area contributed by atoms with Crippen molar-refractivity contribution < 1.29 is 14.3 Å². The minimum Gasteiger partial charge on any atom is -0.508 e. The van der Waals surface area contributed by atoms with Crippen molar-refractivity contribution in [3.63, 3.8) is 0 Å². The Morgan fingerprint density at radius 1 is 1.18 bits per heavy atom. The molecule has 0 fully saturated rings. The number of amides is 1. The fourth-order valence-corrected chi connectivity index (χ4v) is 4.57. The number of nitrogens with one attached hydrogen (secondary N) is 2. The molecule has 5 nitrogen and oxygen atoms in total. The summed E-state index contributed by atoms with van der Waals surface area (Å²) in [6.07, 6.45) is 1.63. The van der Waals surface area contributed by atoms with E-state index in [4.69, 9.17) is 5.73 Å². The third kappa shape index (κ3) is 5.17. The molecule has 0 aromatic heterocycles. The van der Waals surface area contributed by atoms with Crippen molar-refractivity contribution >= 4 is 11.6 Å². The van der Waals surface area contributed by atoms with Crippen LogP contribution in [0.5, 0.6) is 5.75 Å². The van der Waals surface area contributed by atoms with Crippen LogP contribution in [0.2, 0.25) is 0 Å². The van der Waals surface area contributed by atoms with Crippen molar-refractivity contribution in [1.82, 2.24) is 5.32 Å². The van der Waals surface area contributed by atoms with E-state index in [1.54, 1.807) is 24.3 Å². The second-order valence-corrected chi connectivity index (χ2v) is 8.84. The minimum atomic E-state index is -0.702. The lowest BCUT2D eigenvalue weighted by Gasteiger charge is -2.29. The largest absolute Gasteiger partial charge is 0.508 e. The van der Waals surface area contributed by atoms with E-state index in [1.807, 2.05) is 38.1 Å². The Bertz CT molecular complexity index is 1150. The fraction of sp³-hybridized carbons (Fsp3) is 0.296. The number of hydrogen-bond acceptors (Lipinski definition) is 4. The molecule has 1 aliphatic heterocycles. The zero-order chi connectivity index (χ0) is 23.5. The van der Waals surface area contributed by atoms with Gasteiger partial charge in [0.25, 0.3) is 0 Å². The molecule has 5 N–H and O–H groups in total. The highest BCUT2D eigenvalue weighted by Gasteiger charge is 2.25. The third-order valence-corrected chi connectivity index (χ3v) is 6.35. The van der Waals surface area contributed by atoms with Crippen molar-refractivity contribution in [3.8, 4) is 5.75 Å². The zero-order valence-corrected chi connectivity index (χ0v) is 19.0. The Morgan fingerprint density at radius 2 is 1.91 bits per heavy atom. The summed E-state index contributed by atoms with van der Waals surface area (Å²) in [5.74, 6) is -0.215. The number of fused-ring (bicyclic) bond motifs is 1. The molecule has 6 heteroatoms. The van der Waals surface area contributed by atoms with Crippen LogP contribution >= 0.6 is 0 Å². The van der Waals surface area contributed by atoms with E-state index in [0.29, 0.717) is 18.4 Å². The molecular weight excluding hydrogens is 417 g/mol. The first-order chi connectivity index (χ1) is 15.8. The quantitative estimate of drug-likeness (QED) is 0.454. The van der Waals surface area contributed by atoms with Crippen LogP contribution in [0.25, 0.3) is 0 Å². The lowest BCUT2D eigenvalue weighted by molar-refractivity contribution is -0.123. The standard InChI is InChI=1S/C27H30FN3O2/c1-16-11-20(32)12-17(2)21(16)15-24(29)27(33)31-26-9-10-30-25-8-7-18(14-22(25)26)13-19-5-3-4-6-23(19)28/h3-8,11-12,14,24,26,30,32H,9-10,13,15,29H2,1-2H3,(H,31,33)/t24-,26+/m0/s1. The number of carbonyl (C=O) groups excluding carboxylic acids is 1. The summed E-state index contributed by atoms with van der Waals surface area (Å²) < 4.78 is 14.1. The van der Waals surface area contributed by atoms with Gasteiger partial charge in [0, 0.05) is 18.7 Å². The molecule has 1 amide bonds. The number of halogens is 1. The maximum Gasteiger partial charge on any atom is 0.237 e. The molecule has 1 aliphatic rings. The van der Waals surface area contributed by atoms with Crippen LogP contribution in [0.15, 0.2) is 54.6 Å². The molecule has 0 unspecified atom stereocenters. The van der Waals surface area contributed by atoms with Gasteiger partial charge in [-0.3, -0.25) is 4.79 Å². The van der Waals surface area contributed by atoms with Crippen LogP contribution in [0.4, 0.5) is 10.1 Å². The first-order valence-electron chi connectivity index (χ1n) is 11.3. The average Bonchev–Trinajstić information content (AvgIpc) is 2.78. The Morgan fingerprint density at radius 3 is 2.64 bits per heavy atom. The van der Waals surface area contributed by atoms with Crippen molar-refractivity contribution in [1.29, 1.82) is 0 Å². The molecule has 33 heavy (non-hydrogen) atoms. The van der Waals surface area contributed by atoms with Gasteiger partial charge in [0.05, 0.1) is 12.1 Å². The smallest absolute Gasteiger partial charge is 0.237 e. The monoisotopic (exact) mass is 447 g/mol. The van der Waals surface area contributed by atoms with Gasteiger partial charge < -0.3 is 21.5 Å². The molecule has 4 rings (SSSR count). The maximum absolute atomic E-state index is 14.1. The summed E-state index contributed by atoms with van der Waals surface area (Å²) in [6.45, 7) is 4.57. The summed E-state index contributed by atoms with van der Waals surface area (Å²) in [5, 5.41) is 16.3. The molecule has 0 radical (unpaired) electrons. The number of aryl methyl sites for hydroxylation is 2. The summed E-state index contributed by atoms with van der Waals surface area (Å²) in [4.78, 5) is 13.0. The molecule has 3 aromatic rings. The van der Waals surface area contributed by atoms with E-state index in [2.05, 4.69) is 10.6 Å². The van der Waals surface area contributed by atoms with Crippen LogP contribution < -0.4 is 16.4 Å². The Labute approximate surface area is 193 Å². The minimum absolute atomic E-state index is 0.164. The van der Waals surface area contributed by atoms with Crippen LogP contribution in [0.3, 0.4) is 0 Å². The summed E-state index contributed by atoms with van der Waals surface area (Å²) in [7, 11) is 0. The Balaban J connectivity index is 1.49. The second kappa shape index (κ2) is 9.63. The lowest BCUT2D eigenvalue weighted by atomic mass is 9.92. The van der Waals surface area contributed by atoms with Gasteiger partial charge in [-0.1, -0.05) is 30.3 Å². The van der Waals surface area contributed by atoms with Crippen molar-refractivity contribution in [3.05, 3.63) is 93.8 Å². The second-order valence-electron chi connectivity index (χ2n) is 8.84. The molecule has 0 aliphatic carbocycles. The van der Waals surface area contributed by atoms with Gasteiger partial charge in [0.2, 0.25) is 5.91 Å². The number of phenolic OH excluding ortho intramolecular Hbond substituents is 1. The molecule has 0 saturated carbocycles. The summed E-state index contributed by atoms with van der Waals surface area (Å²) >= 11 is 0. The van der Waals surface area contributed by atoms with Gasteiger partial charge in [-0.05, 0) is 84.3 Å². The van der Waals surface area contributed by atoms with Crippen LogP contribution in [0, 0.1) is 19.7 Å². The molecule has 3 aromatic carbocycles. The highest BCUT2D eigenvalue weighted by molar-refractivity contribution is 5.82. The van der Waals surface area contributed by atoms with E-state index in [0.717, 1.165) is 46.5 Å². The maximum atomic E-state index is 14.1. The van der Waals surface area contributed by atoms with Gasteiger partial charge in [0.15, 0.2) is 0 Å². The summed E-state index contributed by atoms with van der Waals surface area (Å²) in [5.41, 5.74) is 12.7. The van der Waals surface area contributed by atoms with Gasteiger partial charge in [0.1, 0.15) is 11.6 Å². The van der Waals surface area contributed by atoms with Crippen molar-refractivity contribution in [2.75, 3.05) is 11.9 Å². The number of rotatable bonds is 6. The van der Waals surface area contributed by atoms with Gasteiger partial charge in [-0.25, -0.2) is 4.39 Å². The predicted molar refractivity (Wildman–Crippen MR) is 129 cm³/mol. The third-order valence-electron chi connectivity index (χ3n) is 6.35. The Kier molecular flexibility index (Phi) is 6.65. The van der Waals surface area contributed by atoms with Gasteiger partial charge >= 0.3 is 0 Å². The van der Waals surface area contributed by atoms with Crippen LogP contribution in [-0.2, 0) is 17.6 Å². The molecule has 0 bridgehead atoms. The molecule has 1 heterocycles. The first-order valence-corrected chi connectivity index (χ1v) is 11.3. The number of hydrogen-bond donors (Lipinski definition) is 4. The van der Waals surface area contributed by atoms with Crippen molar-refractivity contribution in [2.45, 2.75) is 45.2 Å². The number of anilines is 1. The van der Waals surface area contributed by atoms with Gasteiger partial charge in [-0.15, -0.1) is 0 Å². The predicted octanol–water partition coefficient (Wildman–Crippen LogP) is 4.28. The fourth-order valence-electron chi connectivity index (χ4n) is 4.57. The summed E-state index contributed by atoms with van der Waals surface area (Å²) in [6, 6.07) is 15.3. The van der Waals surface area contributed by atoms with E-state index in [9.17, 15) is 14.3 Å². The van der Waals surface area contributed by atoms with E-state index < -0.39 is 6.04 Å².